The Morgan fingerprint density at radius 1 is 1.38 bits per heavy atom. The van der Waals surface area contributed by atoms with E-state index in [1.165, 1.54) is 6.07 Å². The molecule has 1 aromatic carbocycles. The molecule has 0 heterocycles. The molecule has 0 spiro atoms. The molecule has 2 N–H and O–H groups in total. The van der Waals surface area contributed by atoms with Crippen LogP contribution >= 0.6 is 0 Å². The quantitative estimate of drug-likeness (QED) is 0.764. The van der Waals surface area contributed by atoms with Crippen molar-refractivity contribution < 1.29 is 22.7 Å². The first-order valence-corrected chi connectivity index (χ1v) is 8.08. The Hall–Kier alpha value is -1.02. The van der Waals surface area contributed by atoms with E-state index < -0.39 is 22.4 Å². The van der Waals surface area contributed by atoms with Crippen LogP contribution in [0.2, 0.25) is 0 Å². The van der Waals surface area contributed by atoms with E-state index in [0.717, 1.165) is 12.1 Å². The number of halogens is 1. The summed E-state index contributed by atoms with van der Waals surface area (Å²) < 4.78 is 45.2. The molecule has 0 bridgehead atoms. The first-order valence-electron chi connectivity index (χ1n) is 6.60. The zero-order valence-electron chi connectivity index (χ0n) is 12.5. The summed E-state index contributed by atoms with van der Waals surface area (Å²) >= 11 is 0. The topological polar surface area (TPSA) is 75.6 Å². The molecule has 0 amide bonds. The first-order chi connectivity index (χ1) is 9.72. The smallest absolute Gasteiger partial charge is 0.241 e. The fourth-order valence-corrected chi connectivity index (χ4v) is 3.23. The third-order valence-electron chi connectivity index (χ3n) is 3.21. The van der Waals surface area contributed by atoms with Crippen LogP contribution in [0.25, 0.3) is 0 Å². The predicted octanol–water partition coefficient (Wildman–Crippen LogP) is 1.66. The molecule has 0 aliphatic heterocycles. The minimum atomic E-state index is -3.87. The van der Waals surface area contributed by atoms with Crippen molar-refractivity contribution in [2.75, 3.05) is 20.3 Å². The van der Waals surface area contributed by atoms with Crippen molar-refractivity contribution in [1.29, 1.82) is 0 Å². The van der Waals surface area contributed by atoms with Crippen LogP contribution in [0.5, 0.6) is 0 Å². The van der Waals surface area contributed by atoms with Crippen LogP contribution in [-0.4, -0.2) is 33.8 Å². The van der Waals surface area contributed by atoms with Crippen LogP contribution < -0.4 is 4.72 Å². The molecule has 0 aromatic heterocycles. The van der Waals surface area contributed by atoms with E-state index >= 15 is 0 Å². The van der Waals surface area contributed by atoms with E-state index in [0.29, 0.717) is 13.0 Å². The lowest BCUT2D eigenvalue weighted by molar-refractivity contribution is 0.153. The molecule has 0 aliphatic rings. The molecule has 21 heavy (non-hydrogen) atoms. The van der Waals surface area contributed by atoms with Crippen LogP contribution in [-0.2, 0) is 21.4 Å². The van der Waals surface area contributed by atoms with Gasteiger partial charge in [0.25, 0.3) is 0 Å². The predicted molar refractivity (Wildman–Crippen MR) is 77.8 cm³/mol. The highest BCUT2D eigenvalue weighted by Gasteiger charge is 2.24. The van der Waals surface area contributed by atoms with Gasteiger partial charge in [-0.15, -0.1) is 0 Å². The fourth-order valence-electron chi connectivity index (χ4n) is 1.74. The van der Waals surface area contributed by atoms with Gasteiger partial charge in [0.2, 0.25) is 10.0 Å². The Kier molecular flexibility index (Phi) is 6.27. The zero-order valence-corrected chi connectivity index (χ0v) is 13.3. The Morgan fingerprint density at radius 2 is 2.05 bits per heavy atom. The van der Waals surface area contributed by atoms with E-state index in [-0.39, 0.29) is 22.4 Å². The first kappa shape index (κ1) is 18.0. The fraction of sp³-hybridized carbons (Fsp3) is 0.571. The molecule has 120 valence electrons. The van der Waals surface area contributed by atoms with Crippen molar-refractivity contribution in [2.24, 2.45) is 5.41 Å². The van der Waals surface area contributed by atoms with Gasteiger partial charge < -0.3 is 9.84 Å². The molecule has 1 aromatic rings. The minimum absolute atomic E-state index is 0.165. The third-order valence-corrected chi connectivity index (χ3v) is 4.70. The number of sulfonamides is 1. The van der Waals surface area contributed by atoms with Crippen LogP contribution in [0.1, 0.15) is 25.8 Å². The van der Waals surface area contributed by atoms with Crippen molar-refractivity contribution >= 4 is 10.0 Å². The number of benzene rings is 1. The minimum Gasteiger partial charge on any atom is -0.392 e. The third kappa shape index (κ3) is 5.35. The molecule has 5 nitrogen and oxygen atoms in total. The average molecular weight is 319 g/mol. The number of ether oxygens (including phenoxy) is 1. The van der Waals surface area contributed by atoms with Crippen LogP contribution in [0.3, 0.4) is 0 Å². The van der Waals surface area contributed by atoms with Gasteiger partial charge in [-0.3, -0.25) is 0 Å². The van der Waals surface area contributed by atoms with Gasteiger partial charge in [0.1, 0.15) is 5.82 Å². The normalized spacial score (nSPS) is 12.6. The molecule has 0 aliphatic carbocycles. The lowest BCUT2D eigenvalue weighted by Crippen LogP contribution is -2.35. The second kappa shape index (κ2) is 7.31. The number of hydrogen-bond donors (Lipinski definition) is 2. The van der Waals surface area contributed by atoms with Crippen molar-refractivity contribution in [3.8, 4) is 0 Å². The molecular formula is C14H22FNO4S. The van der Waals surface area contributed by atoms with Crippen molar-refractivity contribution in [1.82, 2.24) is 4.72 Å². The van der Waals surface area contributed by atoms with Gasteiger partial charge in [-0.2, -0.15) is 0 Å². The van der Waals surface area contributed by atoms with Gasteiger partial charge in [-0.25, -0.2) is 17.5 Å². The Morgan fingerprint density at radius 3 is 2.62 bits per heavy atom. The summed E-state index contributed by atoms with van der Waals surface area (Å²) in [5.41, 5.74) is -0.130. The molecule has 0 fully saturated rings. The molecule has 0 saturated carbocycles. The lowest BCUT2D eigenvalue weighted by atomic mass is 9.90. The number of aliphatic hydroxyl groups excluding tert-OH is 1. The van der Waals surface area contributed by atoms with Gasteiger partial charge in [0.15, 0.2) is 0 Å². The Labute approximate surface area is 125 Å². The van der Waals surface area contributed by atoms with Gasteiger partial charge in [-0.1, -0.05) is 19.9 Å². The highest BCUT2D eigenvalue weighted by molar-refractivity contribution is 7.89. The summed E-state index contributed by atoms with van der Waals surface area (Å²) in [5.74, 6) is -0.661. The summed E-state index contributed by atoms with van der Waals surface area (Å²) in [7, 11) is -2.29. The summed E-state index contributed by atoms with van der Waals surface area (Å²) in [6.45, 7) is 4.07. The standard InChI is InChI=1S/C14H22FNO4S/c1-14(2,6-7-20-3)10-16-21(18,19)13-8-12(15)5-4-11(13)9-17/h4-5,8,16-17H,6-7,9-10H2,1-3H3. The van der Waals surface area contributed by atoms with E-state index in [2.05, 4.69) is 4.72 Å². The molecule has 0 saturated heterocycles. The van der Waals surface area contributed by atoms with E-state index in [1.807, 2.05) is 13.8 Å². The average Bonchev–Trinajstić information content (AvgIpc) is 2.43. The molecule has 0 unspecified atom stereocenters. The monoisotopic (exact) mass is 319 g/mol. The number of rotatable bonds is 8. The van der Waals surface area contributed by atoms with Gasteiger partial charge in [0.05, 0.1) is 11.5 Å². The van der Waals surface area contributed by atoms with E-state index in [1.54, 1.807) is 7.11 Å². The summed E-state index contributed by atoms with van der Waals surface area (Å²) in [6.07, 6.45) is 0.683. The van der Waals surface area contributed by atoms with Crippen molar-refractivity contribution in [3.05, 3.63) is 29.6 Å². The number of nitrogens with one attached hydrogen (secondary N) is 1. The summed E-state index contributed by atoms with van der Waals surface area (Å²) in [4.78, 5) is -0.229. The maximum atomic E-state index is 13.3. The zero-order chi connectivity index (χ0) is 16.1. The van der Waals surface area contributed by atoms with Crippen LogP contribution in [0, 0.1) is 11.2 Å². The van der Waals surface area contributed by atoms with E-state index in [9.17, 15) is 17.9 Å². The van der Waals surface area contributed by atoms with Crippen LogP contribution in [0.4, 0.5) is 4.39 Å². The van der Waals surface area contributed by atoms with E-state index in [4.69, 9.17) is 4.74 Å². The van der Waals surface area contributed by atoms with Crippen molar-refractivity contribution in [3.63, 3.8) is 0 Å². The second-order valence-corrected chi connectivity index (χ2v) is 7.38. The SMILES string of the molecule is COCCC(C)(C)CNS(=O)(=O)c1cc(F)ccc1CO. The number of aliphatic hydroxyl groups is 1. The second-order valence-electron chi connectivity index (χ2n) is 5.64. The summed E-state index contributed by atoms with van der Waals surface area (Å²) in [5, 5.41) is 9.19. The molecule has 1 rings (SSSR count). The maximum Gasteiger partial charge on any atom is 0.241 e. The highest BCUT2D eigenvalue weighted by atomic mass is 32.2. The number of methoxy groups -OCH3 is 1. The van der Waals surface area contributed by atoms with Gasteiger partial charge in [0, 0.05) is 20.3 Å². The molecule has 0 atom stereocenters. The highest BCUT2D eigenvalue weighted by Crippen LogP contribution is 2.22. The maximum absolute atomic E-state index is 13.3. The molecular weight excluding hydrogens is 297 g/mol. The summed E-state index contributed by atoms with van der Waals surface area (Å²) in [6, 6.07) is 3.29. The van der Waals surface area contributed by atoms with Crippen LogP contribution in [0.15, 0.2) is 23.1 Å². The molecule has 7 heteroatoms. The lowest BCUT2D eigenvalue weighted by Gasteiger charge is -2.24. The van der Waals surface area contributed by atoms with Gasteiger partial charge in [-0.05, 0) is 29.5 Å². The van der Waals surface area contributed by atoms with Crippen molar-refractivity contribution in [2.45, 2.75) is 31.8 Å². The largest absolute Gasteiger partial charge is 0.392 e. The Bertz CT molecular complexity index is 572. The Balaban J connectivity index is 2.90. The molecule has 0 radical (unpaired) electrons. The number of hydrogen-bond acceptors (Lipinski definition) is 4. The van der Waals surface area contributed by atoms with Gasteiger partial charge >= 0.3 is 0 Å².